The van der Waals surface area contributed by atoms with E-state index in [9.17, 15) is 0 Å². The molecule has 1 aromatic heterocycles. The van der Waals surface area contributed by atoms with Gasteiger partial charge in [0.05, 0.1) is 18.3 Å². The molecule has 1 atom stereocenters. The molecule has 102 valence electrons. The molecule has 0 spiro atoms. The van der Waals surface area contributed by atoms with Gasteiger partial charge in [-0.15, -0.1) is 0 Å². The van der Waals surface area contributed by atoms with Gasteiger partial charge in [-0.3, -0.25) is 4.68 Å². The van der Waals surface area contributed by atoms with Crippen LogP contribution in [-0.4, -0.2) is 23.4 Å². The first-order valence-electron chi connectivity index (χ1n) is 6.72. The molecule has 4 heteroatoms. The monoisotopic (exact) mass is 259 g/mol. The summed E-state index contributed by atoms with van der Waals surface area (Å²) in [6, 6.07) is 10.3. The zero-order chi connectivity index (χ0) is 13.7. The van der Waals surface area contributed by atoms with Crippen LogP contribution in [0.5, 0.6) is 5.75 Å². The highest BCUT2D eigenvalue weighted by Crippen LogP contribution is 2.29. The van der Waals surface area contributed by atoms with E-state index in [2.05, 4.69) is 23.4 Å². The molecule has 1 N–H and O–H groups in total. The summed E-state index contributed by atoms with van der Waals surface area (Å²) >= 11 is 0. The number of hydrogen-bond acceptors (Lipinski definition) is 3. The molecule has 19 heavy (non-hydrogen) atoms. The molecule has 0 bridgehead atoms. The minimum Gasteiger partial charge on any atom is -0.494 e. The third-order valence-electron chi connectivity index (χ3n) is 3.16. The van der Waals surface area contributed by atoms with Gasteiger partial charge in [0, 0.05) is 18.3 Å². The molecule has 1 unspecified atom stereocenters. The molecule has 0 radical (unpaired) electrons. The molecule has 0 saturated carbocycles. The number of rotatable bonds is 6. The third kappa shape index (κ3) is 2.79. The Morgan fingerprint density at radius 1 is 1.26 bits per heavy atom. The molecule has 0 fully saturated rings. The van der Waals surface area contributed by atoms with Gasteiger partial charge in [-0.2, -0.15) is 5.10 Å². The highest BCUT2D eigenvalue weighted by atomic mass is 16.5. The lowest BCUT2D eigenvalue weighted by Gasteiger charge is -2.20. The van der Waals surface area contributed by atoms with Gasteiger partial charge in [-0.25, -0.2) is 0 Å². The van der Waals surface area contributed by atoms with Crippen molar-refractivity contribution in [1.29, 1.82) is 0 Å². The van der Waals surface area contributed by atoms with E-state index in [1.165, 1.54) is 0 Å². The Bertz CT molecular complexity index is 522. The van der Waals surface area contributed by atoms with E-state index in [0.717, 1.165) is 23.6 Å². The zero-order valence-electron chi connectivity index (χ0n) is 11.8. The van der Waals surface area contributed by atoms with Crippen LogP contribution in [0.25, 0.3) is 0 Å². The normalized spacial score (nSPS) is 12.4. The summed E-state index contributed by atoms with van der Waals surface area (Å²) in [4.78, 5) is 0. The molecular formula is C15H21N3O. The van der Waals surface area contributed by atoms with Gasteiger partial charge in [0.25, 0.3) is 0 Å². The number of nitrogens with one attached hydrogen (secondary N) is 1. The lowest BCUT2D eigenvalue weighted by atomic mass is 10.0. The lowest BCUT2D eigenvalue weighted by Crippen LogP contribution is -2.22. The number of para-hydroxylation sites is 1. The molecule has 0 aliphatic rings. The molecule has 4 nitrogen and oxygen atoms in total. The second kappa shape index (κ2) is 6.38. The standard InChI is InChI=1S/C15H21N3O/c1-4-18-13(10-11-17-18)15(16-3)12-8-6-7-9-14(12)19-5-2/h6-11,15-16H,4-5H2,1-3H3. The summed E-state index contributed by atoms with van der Waals surface area (Å²) < 4.78 is 7.73. The largest absolute Gasteiger partial charge is 0.494 e. The van der Waals surface area contributed by atoms with Crippen LogP contribution in [0.2, 0.25) is 0 Å². The smallest absolute Gasteiger partial charge is 0.124 e. The predicted octanol–water partition coefficient (Wildman–Crippen LogP) is 2.61. The number of nitrogens with zero attached hydrogens (tertiary/aromatic N) is 2. The van der Waals surface area contributed by atoms with Crippen LogP contribution < -0.4 is 10.1 Å². The van der Waals surface area contributed by atoms with Crippen LogP contribution in [0.4, 0.5) is 0 Å². The van der Waals surface area contributed by atoms with E-state index < -0.39 is 0 Å². The van der Waals surface area contributed by atoms with Crippen molar-refractivity contribution in [2.45, 2.75) is 26.4 Å². The molecule has 2 aromatic rings. The topological polar surface area (TPSA) is 39.1 Å². The SMILES string of the molecule is CCOc1ccccc1C(NC)c1ccnn1CC. The van der Waals surface area contributed by atoms with E-state index in [1.54, 1.807) is 0 Å². The second-order valence-electron chi connectivity index (χ2n) is 4.26. The Labute approximate surface area is 114 Å². The molecule has 0 aliphatic heterocycles. The fraction of sp³-hybridized carbons (Fsp3) is 0.400. The maximum Gasteiger partial charge on any atom is 0.124 e. The summed E-state index contributed by atoms with van der Waals surface area (Å²) in [5.74, 6) is 0.924. The Hall–Kier alpha value is -1.81. The van der Waals surface area contributed by atoms with Gasteiger partial charge < -0.3 is 10.1 Å². The van der Waals surface area contributed by atoms with Gasteiger partial charge in [-0.1, -0.05) is 18.2 Å². The van der Waals surface area contributed by atoms with Crippen LogP contribution in [0.1, 0.15) is 31.1 Å². The van der Waals surface area contributed by atoms with Gasteiger partial charge in [0.15, 0.2) is 0 Å². The number of benzene rings is 1. The van der Waals surface area contributed by atoms with E-state index in [1.807, 2.05) is 49.1 Å². The van der Waals surface area contributed by atoms with Crippen LogP contribution in [0, 0.1) is 0 Å². The maximum absolute atomic E-state index is 5.72. The van der Waals surface area contributed by atoms with Gasteiger partial charge >= 0.3 is 0 Å². The maximum atomic E-state index is 5.72. The number of aryl methyl sites for hydroxylation is 1. The van der Waals surface area contributed by atoms with E-state index in [-0.39, 0.29) is 6.04 Å². The van der Waals surface area contributed by atoms with E-state index in [4.69, 9.17) is 4.74 Å². The van der Waals surface area contributed by atoms with E-state index >= 15 is 0 Å². The molecule has 1 heterocycles. The minimum absolute atomic E-state index is 0.0881. The summed E-state index contributed by atoms with van der Waals surface area (Å²) in [6.45, 7) is 5.62. The molecule has 2 rings (SSSR count). The van der Waals surface area contributed by atoms with Crippen LogP contribution in [0.3, 0.4) is 0 Å². The molecular weight excluding hydrogens is 238 g/mol. The Balaban J connectivity index is 2.42. The Morgan fingerprint density at radius 3 is 2.74 bits per heavy atom. The van der Waals surface area contributed by atoms with Gasteiger partial charge in [0.2, 0.25) is 0 Å². The number of aromatic nitrogens is 2. The Kier molecular flexibility index (Phi) is 4.58. The predicted molar refractivity (Wildman–Crippen MR) is 76.4 cm³/mol. The van der Waals surface area contributed by atoms with Crippen LogP contribution in [-0.2, 0) is 6.54 Å². The van der Waals surface area contributed by atoms with Crippen molar-refractivity contribution < 1.29 is 4.74 Å². The Morgan fingerprint density at radius 2 is 2.05 bits per heavy atom. The summed E-state index contributed by atoms with van der Waals surface area (Å²) in [6.07, 6.45) is 1.84. The lowest BCUT2D eigenvalue weighted by molar-refractivity contribution is 0.333. The van der Waals surface area contributed by atoms with Gasteiger partial charge in [0.1, 0.15) is 5.75 Å². The minimum atomic E-state index is 0.0881. The first kappa shape index (κ1) is 13.6. The molecule has 0 amide bonds. The average molecular weight is 259 g/mol. The number of hydrogen-bond donors (Lipinski definition) is 1. The third-order valence-corrected chi connectivity index (χ3v) is 3.16. The first-order chi connectivity index (χ1) is 9.31. The number of ether oxygens (including phenoxy) is 1. The highest BCUT2D eigenvalue weighted by molar-refractivity contribution is 5.40. The highest BCUT2D eigenvalue weighted by Gasteiger charge is 2.19. The summed E-state index contributed by atoms with van der Waals surface area (Å²) in [7, 11) is 1.96. The fourth-order valence-corrected chi connectivity index (χ4v) is 2.32. The average Bonchev–Trinajstić information content (AvgIpc) is 2.90. The van der Waals surface area contributed by atoms with Crippen molar-refractivity contribution in [2.24, 2.45) is 0 Å². The molecule has 1 aromatic carbocycles. The van der Waals surface area contributed by atoms with Crippen molar-refractivity contribution in [3.8, 4) is 5.75 Å². The van der Waals surface area contributed by atoms with E-state index in [0.29, 0.717) is 6.61 Å². The van der Waals surface area contributed by atoms with Crippen LogP contribution >= 0.6 is 0 Å². The van der Waals surface area contributed by atoms with Crippen molar-refractivity contribution in [3.05, 3.63) is 47.8 Å². The van der Waals surface area contributed by atoms with Gasteiger partial charge in [-0.05, 0) is 33.0 Å². The summed E-state index contributed by atoms with van der Waals surface area (Å²) in [5.41, 5.74) is 2.29. The van der Waals surface area contributed by atoms with Crippen molar-refractivity contribution in [3.63, 3.8) is 0 Å². The zero-order valence-corrected chi connectivity index (χ0v) is 11.8. The second-order valence-corrected chi connectivity index (χ2v) is 4.26. The molecule has 0 saturated heterocycles. The van der Waals surface area contributed by atoms with Crippen LogP contribution in [0.15, 0.2) is 36.5 Å². The van der Waals surface area contributed by atoms with Crippen molar-refractivity contribution in [2.75, 3.05) is 13.7 Å². The quantitative estimate of drug-likeness (QED) is 0.866. The van der Waals surface area contributed by atoms with Crippen molar-refractivity contribution >= 4 is 0 Å². The van der Waals surface area contributed by atoms with Crippen molar-refractivity contribution in [1.82, 2.24) is 15.1 Å². The fourth-order valence-electron chi connectivity index (χ4n) is 2.32. The first-order valence-corrected chi connectivity index (χ1v) is 6.72. The summed E-state index contributed by atoms with van der Waals surface area (Å²) in [5, 5.41) is 7.69. The molecule has 0 aliphatic carbocycles.